The van der Waals surface area contributed by atoms with Gasteiger partial charge < -0.3 is 15.2 Å². The Hall–Kier alpha value is -2.93. The van der Waals surface area contributed by atoms with Gasteiger partial charge in [0.05, 0.1) is 18.9 Å². The van der Waals surface area contributed by atoms with E-state index < -0.39 is 23.8 Å². The van der Waals surface area contributed by atoms with Crippen molar-refractivity contribution >= 4 is 34.2 Å². The highest BCUT2D eigenvalue weighted by Gasteiger charge is 2.51. The van der Waals surface area contributed by atoms with Gasteiger partial charge in [0.15, 0.2) is 0 Å². The van der Waals surface area contributed by atoms with Gasteiger partial charge in [-0.2, -0.15) is 0 Å². The maximum atomic E-state index is 13.2. The number of rotatable bonds is 6. The average molecular weight is 426 g/mol. The standard InChI is InChI=1S/C23H23NO5S/c1-3-15-16(12-7-5-4-6-8-12)19(23(28)29-2)21(30-15)24-20(25)17-13-9-10-14(11-13)18(17)22(26)27/h4-10,13-14,17-18H,3,11H2,1-2H3,(H,24,25)(H,26,27)/t13-,14-,17-,18-/m0/s1. The van der Waals surface area contributed by atoms with Gasteiger partial charge in [-0.15, -0.1) is 11.3 Å². The quantitative estimate of drug-likeness (QED) is 0.534. The number of nitrogens with one attached hydrogen (secondary N) is 1. The van der Waals surface area contributed by atoms with Crippen LogP contribution in [0.25, 0.3) is 11.1 Å². The van der Waals surface area contributed by atoms with E-state index in [1.54, 1.807) is 0 Å². The number of allylic oxidation sites excluding steroid dienone is 2. The van der Waals surface area contributed by atoms with E-state index in [1.807, 2.05) is 49.4 Å². The summed E-state index contributed by atoms with van der Waals surface area (Å²) in [5.41, 5.74) is 1.95. The highest BCUT2D eigenvalue weighted by atomic mass is 32.1. The zero-order valence-electron chi connectivity index (χ0n) is 16.8. The molecule has 2 aliphatic carbocycles. The Kier molecular flexibility index (Phi) is 5.47. The van der Waals surface area contributed by atoms with Crippen LogP contribution in [-0.2, 0) is 20.7 Å². The van der Waals surface area contributed by atoms with Crippen LogP contribution in [0.4, 0.5) is 5.00 Å². The van der Waals surface area contributed by atoms with E-state index in [1.165, 1.54) is 18.4 Å². The number of carboxylic acid groups (broad SMARTS) is 1. The first-order valence-corrected chi connectivity index (χ1v) is 10.8. The van der Waals surface area contributed by atoms with Crippen LogP contribution < -0.4 is 5.32 Å². The summed E-state index contributed by atoms with van der Waals surface area (Å²) in [6, 6.07) is 9.52. The van der Waals surface area contributed by atoms with Crippen LogP contribution in [0, 0.1) is 23.7 Å². The molecule has 7 heteroatoms. The van der Waals surface area contributed by atoms with Crippen LogP contribution in [0.2, 0.25) is 0 Å². The molecule has 4 atom stereocenters. The minimum Gasteiger partial charge on any atom is -0.481 e. The largest absolute Gasteiger partial charge is 0.481 e. The van der Waals surface area contributed by atoms with Crippen molar-refractivity contribution in [2.45, 2.75) is 19.8 Å². The van der Waals surface area contributed by atoms with E-state index in [0.29, 0.717) is 23.4 Å². The number of carbonyl (C=O) groups excluding carboxylic acids is 2. The van der Waals surface area contributed by atoms with Gasteiger partial charge >= 0.3 is 11.9 Å². The Bertz CT molecular complexity index is 1030. The topological polar surface area (TPSA) is 92.7 Å². The first kappa shape index (κ1) is 20.3. The summed E-state index contributed by atoms with van der Waals surface area (Å²) < 4.78 is 5.02. The zero-order chi connectivity index (χ0) is 21.4. The Morgan fingerprint density at radius 3 is 2.40 bits per heavy atom. The van der Waals surface area contributed by atoms with Crippen molar-refractivity contribution in [3.05, 3.63) is 52.9 Å². The third kappa shape index (κ3) is 3.33. The second-order valence-corrected chi connectivity index (χ2v) is 8.75. The highest BCUT2D eigenvalue weighted by molar-refractivity contribution is 7.17. The minimum atomic E-state index is -0.953. The zero-order valence-corrected chi connectivity index (χ0v) is 17.6. The molecule has 0 radical (unpaired) electrons. The highest BCUT2D eigenvalue weighted by Crippen LogP contribution is 2.49. The lowest BCUT2D eigenvalue weighted by Gasteiger charge is -2.23. The summed E-state index contributed by atoms with van der Waals surface area (Å²) in [6.07, 6.45) is 5.21. The molecule has 0 aliphatic heterocycles. The molecular formula is C23H23NO5S. The number of benzene rings is 1. The van der Waals surface area contributed by atoms with Crippen molar-refractivity contribution in [3.63, 3.8) is 0 Å². The summed E-state index contributed by atoms with van der Waals surface area (Å²) in [6.45, 7) is 1.99. The van der Waals surface area contributed by atoms with E-state index in [9.17, 15) is 19.5 Å². The number of aryl methyl sites for hydroxylation is 1. The Balaban J connectivity index is 1.73. The molecule has 1 fully saturated rings. The van der Waals surface area contributed by atoms with Crippen LogP contribution >= 0.6 is 11.3 Å². The van der Waals surface area contributed by atoms with Gasteiger partial charge in [0.1, 0.15) is 10.6 Å². The van der Waals surface area contributed by atoms with Crippen LogP contribution in [-0.4, -0.2) is 30.1 Å². The fourth-order valence-electron chi connectivity index (χ4n) is 4.73. The molecule has 1 amide bonds. The molecule has 1 saturated carbocycles. The van der Waals surface area contributed by atoms with E-state index in [4.69, 9.17) is 4.74 Å². The van der Waals surface area contributed by atoms with Gasteiger partial charge in [0, 0.05) is 10.4 Å². The molecule has 1 heterocycles. The normalized spacial score (nSPS) is 24.1. The van der Waals surface area contributed by atoms with Crippen molar-refractivity contribution in [1.29, 1.82) is 0 Å². The first-order chi connectivity index (χ1) is 14.5. The molecule has 6 nitrogen and oxygen atoms in total. The van der Waals surface area contributed by atoms with E-state index >= 15 is 0 Å². The van der Waals surface area contributed by atoms with E-state index in [2.05, 4.69) is 5.32 Å². The van der Waals surface area contributed by atoms with Crippen LogP contribution in [0.1, 0.15) is 28.6 Å². The molecular weight excluding hydrogens is 402 g/mol. The van der Waals surface area contributed by atoms with Gasteiger partial charge in [-0.1, -0.05) is 49.4 Å². The van der Waals surface area contributed by atoms with Gasteiger partial charge in [-0.05, 0) is 30.2 Å². The van der Waals surface area contributed by atoms with Gasteiger partial charge in [0.2, 0.25) is 5.91 Å². The molecule has 2 aromatic rings. The third-order valence-corrected chi connectivity index (χ3v) is 7.29. The molecule has 30 heavy (non-hydrogen) atoms. The Labute approximate surface area is 178 Å². The molecule has 156 valence electrons. The monoisotopic (exact) mass is 425 g/mol. The Morgan fingerprint density at radius 2 is 1.80 bits per heavy atom. The lowest BCUT2D eigenvalue weighted by molar-refractivity contribution is -0.146. The molecule has 0 saturated heterocycles. The number of methoxy groups -OCH3 is 1. The number of anilines is 1. The number of aliphatic carboxylic acids is 1. The molecule has 1 aromatic heterocycles. The van der Waals surface area contributed by atoms with Gasteiger partial charge in [0.25, 0.3) is 0 Å². The average Bonchev–Trinajstić information content (AvgIpc) is 3.46. The maximum absolute atomic E-state index is 13.2. The lowest BCUT2D eigenvalue weighted by Crippen LogP contribution is -2.36. The summed E-state index contributed by atoms with van der Waals surface area (Å²) in [4.78, 5) is 38.6. The summed E-state index contributed by atoms with van der Waals surface area (Å²) in [5.74, 6) is -3.41. The third-order valence-electron chi connectivity index (χ3n) is 6.04. The molecule has 2 N–H and O–H groups in total. The van der Waals surface area contributed by atoms with Crippen LogP contribution in [0.5, 0.6) is 0 Å². The second-order valence-electron chi connectivity index (χ2n) is 7.64. The fourth-order valence-corrected chi connectivity index (χ4v) is 5.89. The summed E-state index contributed by atoms with van der Waals surface area (Å²) in [5, 5.41) is 13.0. The van der Waals surface area contributed by atoms with Crippen LogP contribution in [0.3, 0.4) is 0 Å². The smallest absolute Gasteiger partial charge is 0.341 e. The maximum Gasteiger partial charge on any atom is 0.341 e. The number of hydrogen-bond acceptors (Lipinski definition) is 5. The van der Waals surface area contributed by atoms with Gasteiger partial charge in [-0.3, -0.25) is 9.59 Å². The van der Waals surface area contributed by atoms with Gasteiger partial charge in [-0.25, -0.2) is 4.79 Å². The molecule has 0 unspecified atom stereocenters. The predicted octanol–water partition coefficient (Wildman–Crippen LogP) is 4.23. The van der Waals surface area contributed by atoms with Crippen LogP contribution in [0.15, 0.2) is 42.5 Å². The predicted molar refractivity (Wildman–Crippen MR) is 114 cm³/mol. The molecule has 4 rings (SSSR count). The van der Waals surface area contributed by atoms with E-state index in [-0.39, 0.29) is 17.7 Å². The number of hydrogen-bond donors (Lipinski definition) is 2. The van der Waals surface area contributed by atoms with Crippen molar-refractivity contribution in [2.24, 2.45) is 23.7 Å². The Morgan fingerprint density at radius 1 is 1.13 bits per heavy atom. The van der Waals surface area contributed by atoms with E-state index in [0.717, 1.165) is 16.0 Å². The number of amides is 1. The minimum absolute atomic E-state index is 0.0862. The number of carbonyl (C=O) groups is 3. The number of thiophene rings is 1. The molecule has 2 bridgehead atoms. The van der Waals surface area contributed by atoms with Crippen molar-refractivity contribution < 1.29 is 24.2 Å². The molecule has 1 aromatic carbocycles. The van der Waals surface area contributed by atoms with Crippen molar-refractivity contribution in [2.75, 3.05) is 12.4 Å². The second kappa shape index (κ2) is 8.07. The fraction of sp³-hybridized carbons (Fsp3) is 0.348. The SMILES string of the molecule is CCc1sc(NC(=O)[C@@H]2[C@@H](C(=O)O)[C@H]3C=C[C@H]2C3)c(C(=O)OC)c1-c1ccccc1. The van der Waals surface area contributed by atoms with Crippen molar-refractivity contribution in [3.8, 4) is 11.1 Å². The van der Waals surface area contributed by atoms with Crippen molar-refractivity contribution in [1.82, 2.24) is 0 Å². The lowest BCUT2D eigenvalue weighted by atomic mass is 9.82. The summed E-state index contributed by atoms with van der Waals surface area (Å²) in [7, 11) is 1.31. The number of carboxylic acids is 1. The number of fused-ring (bicyclic) bond motifs is 2. The number of ether oxygens (including phenoxy) is 1. The first-order valence-electron chi connectivity index (χ1n) is 9.97. The molecule has 0 spiro atoms. The molecule has 2 aliphatic rings. The summed E-state index contributed by atoms with van der Waals surface area (Å²) >= 11 is 1.34. The number of esters is 1.